The van der Waals surface area contributed by atoms with Crippen molar-refractivity contribution in [1.82, 2.24) is 15.2 Å². The molecule has 2 rings (SSSR count). The molecule has 0 amide bonds. The second-order valence-corrected chi connectivity index (χ2v) is 5.24. The van der Waals surface area contributed by atoms with Gasteiger partial charge in [-0.15, -0.1) is 0 Å². The summed E-state index contributed by atoms with van der Waals surface area (Å²) in [5, 5.41) is 3.64. The van der Waals surface area contributed by atoms with Gasteiger partial charge in [0.2, 0.25) is 5.88 Å². The first kappa shape index (κ1) is 14.3. The molecule has 1 fully saturated rings. The standard InChI is InChI=1S/C15H25N3O/c1-3-5-14-12-18(9-4-8-16-14)11-13-6-7-15(19-2)17-10-13/h6-7,10,14,16H,3-5,8-9,11-12H2,1-2H3. The number of nitrogens with one attached hydrogen (secondary N) is 1. The Labute approximate surface area is 116 Å². The Morgan fingerprint density at radius 1 is 1.47 bits per heavy atom. The number of ether oxygens (including phenoxy) is 1. The molecule has 0 aliphatic carbocycles. The molecule has 106 valence electrons. The predicted molar refractivity (Wildman–Crippen MR) is 77.4 cm³/mol. The molecule has 0 radical (unpaired) electrons. The van der Waals surface area contributed by atoms with Crippen molar-refractivity contribution in [2.75, 3.05) is 26.7 Å². The molecule has 1 unspecified atom stereocenters. The van der Waals surface area contributed by atoms with Crippen LogP contribution in [-0.2, 0) is 6.54 Å². The molecule has 1 N–H and O–H groups in total. The normalized spacial score (nSPS) is 21.1. The Morgan fingerprint density at radius 3 is 3.05 bits per heavy atom. The van der Waals surface area contributed by atoms with E-state index in [2.05, 4.69) is 28.2 Å². The van der Waals surface area contributed by atoms with Crippen LogP contribution in [-0.4, -0.2) is 42.7 Å². The highest BCUT2D eigenvalue weighted by molar-refractivity contribution is 5.17. The van der Waals surface area contributed by atoms with Crippen LogP contribution in [0.4, 0.5) is 0 Å². The molecule has 1 aliphatic rings. The van der Waals surface area contributed by atoms with E-state index in [4.69, 9.17) is 4.74 Å². The molecule has 0 spiro atoms. The minimum atomic E-state index is 0.638. The average molecular weight is 263 g/mol. The van der Waals surface area contributed by atoms with Gasteiger partial charge in [0.15, 0.2) is 0 Å². The van der Waals surface area contributed by atoms with E-state index >= 15 is 0 Å². The zero-order valence-electron chi connectivity index (χ0n) is 12.1. The third-order valence-corrected chi connectivity index (χ3v) is 3.61. The SMILES string of the molecule is CCCC1CN(Cc2ccc(OC)nc2)CCCN1. The first-order chi connectivity index (χ1) is 9.31. The summed E-state index contributed by atoms with van der Waals surface area (Å²) >= 11 is 0. The molecule has 2 heterocycles. The molecule has 1 saturated heterocycles. The van der Waals surface area contributed by atoms with Crippen molar-refractivity contribution in [2.24, 2.45) is 0 Å². The summed E-state index contributed by atoms with van der Waals surface area (Å²) in [6.07, 6.45) is 5.66. The maximum atomic E-state index is 5.09. The van der Waals surface area contributed by atoms with E-state index in [9.17, 15) is 0 Å². The van der Waals surface area contributed by atoms with Crippen LogP contribution in [0.2, 0.25) is 0 Å². The fourth-order valence-corrected chi connectivity index (χ4v) is 2.65. The minimum absolute atomic E-state index is 0.638. The van der Waals surface area contributed by atoms with Crippen LogP contribution in [0.3, 0.4) is 0 Å². The molecule has 0 saturated carbocycles. The van der Waals surface area contributed by atoms with Crippen LogP contribution >= 0.6 is 0 Å². The topological polar surface area (TPSA) is 37.4 Å². The Hall–Kier alpha value is -1.13. The van der Waals surface area contributed by atoms with E-state index in [-0.39, 0.29) is 0 Å². The van der Waals surface area contributed by atoms with Crippen LogP contribution in [0, 0.1) is 0 Å². The summed E-state index contributed by atoms with van der Waals surface area (Å²) in [6, 6.07) is 4.69. The van der Waals surface area contributed by atoms with Crippen LogP contribution < -0.4 is 10.1 Å². The fourth-order valence-electron chi connectivity index (χ4n) is 2.65. The quantitative estimate of drug-likeness (QED) is 0.882. The van der Waals surface area contributed by atoms with Gasteiger partial charge in [0.1, 0.15) is 0 Å². The lowest BCUT2D eigenvalue weighted by atomic mass is 10.1. The monoisotopic (exact) mass is 263 g/mol. The number of nitrogens with zero attached hydrogens (tertiary/aromatic N) is 2. The number of rotatable bonds is 5. The molecule has 0 bridgehead atoms. The van der Waals surface area contributed by atoms with E-state index in [0.717, 1.165) is 19.6 Å². The summed E-state index contributed by atoms with van der Waals surface area (Å²) in [5.74, 6) is 0.685. The van der Waals surface area contributed by atoms with Gasteiger partial charge < -0.3 is 10.1 Å². The van der Waals surface area contributed by atoms with Gasteiger partial charge in [-0.3, -0.25) is 4.90 Å². The predicted octanol–water partition coefficient (Wildman–Crippen LogP) is 2.05. The number of pyridine rings is 1. The van der Waals surface area contributed by atoms with Crippen molar-refractivity contribution in [3.05, 3.63) is 23.9 Å². The van der Waals surface area contributed by atoms with Gasteiger partial charge in [-0.2, -0.15) is 0 Å². The van der Waals surface area contributed by atoms with Crippen LogP contribution in [0.1, 0.15) is 31.7 Å². The van der Waals surface area contributed by atoms with Crippen LogP contribution in [0.5, 0.6) is 5.88 Å². The lowest BCUT2D eigenvalue weighted by molar-refractivity contribution is 0.254. The largest absolute Gasteiger partial charge is 0.481 e. The third kappa shape index (κ3) is 4.48. The second-order valence-electron chi connectivity index (χ2n) is 5.24. The van der Waals surface area contributed by atoms with Crippen LogP contribution in [0.25, 0.3) is 0 Å². The summed E-state index contributed by atoms with van der Waals surface area (Å²) in [5.41, 5.74) is 1.26. The molecule has 4 nitrogen and oxygen atoms in total. The maximum absolute atomic E-state index is 5.09. The lowest BCUT2D eigenvalue weighted by Crippen LogP contribution is -2.37. The zero-order valence-corrected chi connectivity index (χ0v) is 12.1. The van der Waals surface area contributed by atoms with Crippen molar-refractivity contribution < 1.29 is 4.74 Å². The fraction of sp³-hybridized carbons (Fsp3) is 0.667. The molecule has 1 aliphatic heterocycles. The Bertz CT molecular complexity index is 366. The van der Waals surface area contributed by atoms with E-state index in [0.29, 0.717) is 11.9 Å². The van der Waals surface area contributed by atoms with Crippen molar-refractivity contribution in [2.45, 2.75) is 38.8 Å². The molecule has 1 atom stereocenters. The minimum Gasteiger partial charge on any atom is -0.481 e. The first-order valence-corrected chi connectivity index (χ1v) is 7.26. The number of hydrogen-bond acceptors (Lipinski definition) is 4. The van der Waals surface area contributed by atoms with Gasteiger partial charge in [-0.25, -0.2) is 4.98 Å². The molecule has 0 aromatic carbocycles. The highest BCUT2D eigenvalue weighted by Gasteiger charge is 2.16. The second kappa shape index (κ2) is 7.46. The molecule has 4 heteroatoms. The zero-order chi connectivity index (χ0) is 13.5. The van der Waals surface area contributed by atoms with Crippen molar-refractivity contribution in [3.8, 4) is 5.88 Å². The number of hydrogen-bond donors (Lipinski definition) is 1. The Morgan fingerprint density at radius 2 is 2.37 bits per heavy atom. The molecule has 1 aromatic heterocycles. The van der Waals surface area contributed by atoms with E-state index in [1.54, 1.807) is 7.11 Å². The van der Waals surface area contributed by atoms with Crippen molar-refractivity contribution in [3.63, 3.8) is 0 Å². The van der Waals surface area contributed by atoms with Gasteiger partial charge >= 0.3 is 0 Å². The van der Waals surface area contributed by atoms with E-state index in [1.807, 2.05) is 12.3 Å². The smallest absolute Gasteiger partial charge is 0.212 e. The number of methoxy groups -OCH3 is 1. The van der Waals surface area contributed by atoms with E-state index < -0.39 is 0 Å². The van der Waals surface area contributed by atoms with Gasteiger partial charge in [0.25, 0.3) is 0 Å². The highest BCUT2D eigenvalue weighted by atomic mass is 16.5. The maximum Gasteiger partial charge on any atom is 0.212 e. The van der Waals surface area contributed by atoms with Crippen molar-refractivity contribution >= 4 is 0 Å². The van der Waals surface area contributed by atoms with Gasteiger partial charge in [-0.1, -0.05) is 19.4 Å². The average Bonchev–Trinajstić information content (AvgIpc) is 2.65. The van der Waals surface area contributed by atoms with Crippen LogP contribution in [0.15, 0.2) is 18.3 Å². The molecule has 1 aromatic rings. The van der Waals surface area contributed by atoms with Gasteiger partial charge in [0, 0.05) is 31.4 Å². The van der Waals surface area contributed by atoms with E-state index in [1.165, 1.54) is 31.4 Å². The first-order valence-electron chi connectivity index (χ1n) is 7.26. The molecular weight excluding hydrogens is 238 g/mol. The summed E-state index contributed by atoms with van der Waals surface area (Å²) in [6.45, 7) is 6.68. The number of aromatic nitrogens is 1. The highest BCUT2D eigenvalue weighted by Crippen LogP contribution is 2.12. The van der Waals surface area contributed by atoms with Gasteiger partial charge in [0.05, 0.1) is 7.11 Å². The summed E-state index contributed by atoms with van der Waals surface area (Å²) in [4.78, 5) is 6.81. The molecular formula is C15H25N3O. The Kier molecular flexibility index (Phi) is 5.61. The third-order valence-electron chi connectivity index (χ3n) is 3.61. The lowest BCUT2D eigenvalue weighted by Gasteiger charge is -2.24. The van der Waals surface area contributed by atoms with Gasteiger partial charge in [-0.05, 0) is 31.5 Å². The Balaban J connectivity index is 1.92. The summed E-state index contributed by atoms with van der Waals surface area (Å²) < 4.78 is 5.09. The van der Waals surface area contributed by atoms with Crippen molar-refractivity contribution in [1.29, 1.82) is 0 Å². The summed E-state index contributed by atoms with van der Waals surface area (Å²) in [7, 11) is 1.65. The molecule has 19 heavy (non-hydrogen) atoms.